The van der Waals surface area contributed by atoms with E-state index in [0.29, 0.717) is 11.1 Å². The first-order valence-electron chi connectivity index (χ1n) is 7.42. The number of amides is 3. The zero-order valence-electron chi connectivity index (χ0n) is 13.2. The number of non-ortho nitro benzene ring substituents is 1. The number of hydrogen-bond donors (Lipinski definition) is 1. The van der Waals surface area contributed by atoms with Crippen LogP contribution in [0.2, 0.25) is 0 Å². The highest BCUT2D eigenvalue weighted by Crippen LogP contribution is 2.28. The molecule has 1 heterocycles. The van der Waals surface area contributed by atoms with Crippen LogP contribution in [0.15, 0.2) is 59.7 Å². The van der Waals surface area contributed by atoms with E-state index in [1.165, 1.54) is 30.5 Å². The Balaban J connectivity index is 1.82. The van der Waals surface area contributed by atoms with Gasteiger partial charge in [-0.1, -0.05) is 30.3 Å². The summed E-state index contributed by atoms with van der Waals surface area (Å²) < 4.78 is 0. The smallest absolute Gasteiger partial charge is 0.318 e. The highest BCUT2D eigenvalue weighted by atomic mass is 16.6. The van der Waals surface area contributed by atoms with Crippen LogP contribution in [0.5, 0.6) is 0 Å². The van der Waals surface area contributed by atoms with Crippen molar-refractivity contribution in [3.05, 3.63) is 75.8 Å². The van der Waals surface area contributed by atoms with Crippen LogP contribution in [0.3, 0.4) is 0 Å². The van der Waals surface area contributed by atoms with E-state index >= 15 is 0 Å². The number of nitro groups is 1. The molecule has 0 unspecified atom stereocenters. The number of urea groups is 1. The molecule has 0 aromatic heterocycles. The van der Waals surface area contributed by atoms with Crippen LogP contribution < -0.4 is 5.32 Å². The first kappa shape index (κ1) is 16.3. The summed E-state index contributed by atoms with van der Waals surface area (Å²) in [6, 6.07) is 13.9. The average molecular weight is 338 g/mol. The van der Waals surface area contributed by atoms with Crippen LogP contribution >= 0.6 is 0 Å². The summed E-state index contributed by atoms with van der Waals surface area (Å²) in [5, 5.41) is 18.0. The minimum absolute atomic E-state index is 0.0520. The molecule has 1 fully saturated rings. The fraction of sp³-hybridized carbons (Fsp3) is 0.118. The Morgan fingerprint density at radius 2 is 1.76 bits per heavy atom. The van der Waals surface area contributed by atoms with E-state index < -0.39 is 22.4 Å². The van der Waals surface area contributed by atoms with Crippen molar-refractivity contribution in [3.63, 3.8) is 0 Å². The molecule has 1 saturated heterocycles. The summed E-state index contributed by atoms with van der Waals surface area (Å²) in [5.74, 6) is -0.498. The molecule has 3 rings (SSSR count). The van der Waals surface area contributed by atoms with E-state index in [1.54, 1.807) is 31.2 Å². The maximum absolute atomic E-state index is 12.6. The van der Waals surface area contributed by atoms with Gasteiger partial charge in [0.05, 0.1) is 11.1 Å². The minimum Gasteiger partial charge on any atom is -0.318 e. The largest absolute Gasteiger partial charge is 0.346 e. The van der Waals surface area contributed by atoms with Gasteiger partial charge < -0.3 is 5.32 Å². The zero-order chi connectivity index (χ0) is 18.0. The number of hydrogen-bond acceptors (Lipinski definition) is 5. The number of imide groups is 1. The van der Waals surface area contributed by atoms with Crippen LogP contribution in [-0.2, 0) is 10.3 Å². The molecule has 3 amide bonds. The third-order valence-electron chi connectivity index (χ3n) is 3.95. The third kappa shape index (κ3) is 2.97. The van der Waals surface area contributed by atoms with Gasteiger partial charge in [0.1, 0.15) is 5.54 Å². The predicted octanol–water partition coefficient (Wildman–Crippen LogP) is 2.40. The Morgan fingerprint density at radius 3 is 2.36 bits per heavy atom. The van der Waals surface area contributed by atoms with E-state index in [-0.39, 0.29) is 5.69 Å². The molecule has 1 N–H and O–H groups in total. The van der Waals surface area contributed by atoms with E-state index in [9.17, 15) is 19.7 Å². The summed E-state index contributed by atoms with van der Waals surface area (Å²) in [4.78, 5) is 34.9. The van der Waals surface area contributed by atoms with Gasteiger partial charge in [0.2, 0.25) is 0 Å². The number of carbonyl (C=O) groups excluding carboxylic acids is 2. The van der Waals surface area contributed by atoms with Crippen LogP contribution in [0.25, 0.3) is 0 Å². The van der Waals surface area contributed by atoms with Gasteiger partial charge >= 0.3 is 6.03 Å². The second-order valence-electron chi connectivity index (χ2n) is 5.63. The number of hydrazone groups is 1. The van der Waals surface area contributed by atoms with Gasteiger partial charge in [-0.25, -0.2) is 4.79 Å². The van der Waals surface area contributed by atoms with E-state index in [4.69, 9.17) is 0 Å². The number of carbonyl (C=O) groups is 2. The molecular formula is C17H14N4O4. The third-order valence-corrected chi connectivity index (χ3v) is 3.95. The predicted molar refractivity (Wildman–Crippen MR) is 89.9 cm³/mol. The Labute approximate surface area is 142 Å². The van der Waals surface area contributed by atoms with Gasteiger partial charge in [0.25, 0.3) is 11.6 Å². The normalized spacial score (nSPS) is 20.1. The van der Waals surface area contributed by atoms with Crippen LogP contribution in [0.4, 0.5) is 10.5 Å². The summed E-state index contributed by atoms with van der Waals surface area (Å²) in [5.41, 5.74) is -0.0600. The van der Waals surface area contributed by atoms with Gasteiger partial charge in [-0.3, -0.25) is 14.9 Å². The standard InChI is InChI=1S/C17H14N4O4/c1-17(13-5-3-2-4-6-13)15(22)20(16(23)19-17)18-11-12-7-9-14(10-8-12)21(24)25/h2-11H,1H3,(H,19,23)/b18-11-/t17-/m1/s1. The van der Waals surface area contributed by atoms with Crippen molar-refractivity contribution in [3.8, 4) is 0 Å². The molecule has 0 bridgehead atoms. The van der Waals surface area contributed by atoms with E-state index in [0.717, 1.165) is 5.01 Å². The quantitative estimate of drug-likeness (QED) is 0.400. The minimum atomic E-state index is -1.19. The van der Waals surface area contributed by atoms with Gasteiger partial charge in [-0.05, 0) is 30.2 Å². The lowest BCUT2D eigenvalue weighted by Gasteiger charge is -2.20. The highest BCUT2D eigenvalue weighted by molar-refractivity contribution is 6.07. The van der Waals surface area contributed by atoms with Gasteiger partial charge in [0, 0.05) is 12.1 Å². The Bertz CT molecular complexity index is 864. The van der Waals surface area contributed by atoms with E-state index in [1.807, 2.05) is 6.07 Å². The monoisotopic (exact) mass is 338 g/mol. The molecule has 0 aliphatic carbocycles. The fourth-order valence-electron chi connectivity index (χ4n) is 2.50. The fourth-order valence-corrected chi connectivity index (χ4v) is 2.50. The lowest BCUT2D eigenvalue weighted by molar-refractivity contribution is -0.384. The van der Waals surface area contributed by atoms with Crippen molar-refractivity contribution < 1.29 is 14.5 Å². The molecule has 126 valence electrons. The SMILES string of the molecule is C[C@]1(c2ccccc2)NC(=O)N(/N=C\c2ccc([N+](=O)[O-])cc2)C1=O. The van der Waals surface area contributed by atoms with E-state index in [2.05, 4.69) is 10.4 Å². The first-order valence-corrected chi connectivity index (χ1v) is 7.42. The molecule has 2 aromatic rings. The highest BCUT2D eigenvalue weighted by Gasteiger charge is 2.49. The number of nitro benzene ring substituents is 1. The Kier molecular flexibility index (Phi) is 4.02. The molecule has 8 heteroatoms. The second kappa shape index (κ2) is 6.16. The molecule has 1 atom stereocenters. The number of rotatable bonds is 4. The first-order chi connectivity index (χ1) is 11.9. The molecule has 0 radical (unpaired) electrons. The maximum atomic E-state index is 12.6. The lowest BCUT2D eigenvalue weighted by atomic mass is 9.92. The Hall–Kier alpha value is -3.55. The van der Waals surface area contributed by atoms with Crippen molar-refractivity contribution in [2.24, 2.45) is 5.10 Å². The molecule has 25 heavy (non-hydrogen) atoms. The number of nitrogens with zero attached hydrogens (tertiary/aromatic N) is 3. The maximum Gasteiger partial charge on any atom is 0.346 e. The number of benzene rings is 2. The summed E-state index contributed by atoms with van der Waals surface area (Å²) in [6.07, 6.45) is 1.30. The summed E-state index contributed by atoms with van der Waals surface area (Å²) >= 11 is 0. The molecule has 2 aromatic carbocycles. The second-order valence-corrected chi connectivity index (χ2v) is 5.63. The summed E-state index contributed by atoms with van der Waals surface area (Å²) in [6.45, 7) is 1.62. The summed E-state index contributed by atoms with van der Waals surface area (Å²) in [7, 11) is 0. The number of nitrogens with one attached hydrogen (secondary N) is 1. The zero-order valence-corrected chi connectivity index (χ0v) is 13.2. The molecule has 1 aliphatic rings. The lowest BCUT2D eigenvalue weighted by Crippen LogP contribution is -2.40. The average Bonchev–Trinajstić information content (AvgIpc) is 2.84. The topological polar surface area (TPSA) is 105 Å². The molecule has 0 spiro atoms. The van der Waals surface area contributed by atoms with Gasteiger partial charge in [-0.2, -0.15) is 5.10 Å². The Morgan fingerprint density at radius 1 is 1.12 bits per heavy atom. The van der Waals surface area contributed by atoms with Crippen LogP contribution in [0.1, 0.15) is 18.1 Å². The molecule has 8 nitrogen and oxygen atoms in total. The molecular weight excluding hydrogens is 324 g/mol. The van der Waals surface area contributed by atoms with Crippen molar-refractivity contribution in [1.82, 2.24) is 10.3 Å². The van der Waals surface area contributed by atoms with Crippen molar-refractivity contribution in [2.45, 2.75) is 12.5 Å². The van der Waals surface area contributed by atoms with Gasteiger partial charge in [-0.15, -0.1) is 5.01 Å². The van der Waals surface area contributed by atoms with Crippen LogP contribution in [0, 0.1) is 10.1 Å². The van der Waals surface area contributed by atoms with Crippen molar-refractivity contribution in [1.29, 1.82) is 0 Å². The molecule has 1 aliphatic heterocycles. The van der Waals surface area contributed by atoms with Crippen LogP contribution in [-0.4, -0.2) is 28.1 Å². The molecule has 0 saturated carbocycles. The van der Waals surface area contributed by atoms with Gasteiger partial charge in [0.15, 0.2) is 0 Å². The van der Waals surface area contributed by atoms with Crippen molar-refractivity contribution >= 4 is 23.8 Å². The van der Waals surface area contributed by atoms with Crippen molar-refractivity contribution in [2.75, 3.05) is 0 Å².